The average Bonchev–Trinajstić information content (AvgIpc) is 3.12. The van der Waals surface area contributed by atoms with Gasteiger partial charge in [0.05, 0.1) is 0 Å². The minimum atomic E-state index is -0.116. The molecular formula is C20H28N4O3. The summed E-state index contributed by atoms with van der Waals surface area (Å²) >= 11 is 0. The summed E-state index contributed by atoms with van der Waals surface area (Å²) in [6, 6.07) is 8.06. The maximum Gasteiger partial charge on any atom is 0.227 e. The van der Waals surface area contributed by atoms with Gasteiger partial charge in [0.2, 0.25) is 23.5 Å². The molecule has 0 spiro atoms. The summed E-state index contributed by atoms with van der Waals surface area (Å²) in [4.78, 5) is 27.6. The lowest BCUT2D eigenvalue weighted by atomic mass is 10.0. The molecule has 1 heterocycles. The third kappa shape index (κ3) is 6.51. The quantitative estimate of drug-likeness (QED) is 0.660. The molecule has 1 aromatic heterocycles. The van der Waals surface area contributed by atoms with Gasteiger partial charge in [0.1, 0.15) is 0 Å². The lowest BCUT2D eigenvalue weighted by Gasteiger charge is -2.08. The van der Waals surface area contributed by atoms with Crippen LogP contribution in [0.4, 0.5) is 0 Å². The van der Waals surface area contributed by atoms with Crippen LogP contribution < -0.4 is 10.6 Å². The van der Waals surface area contributed by atoms with Gasteiger partial charge >= 0.3 is 0 Å². The van der Waals surface area contributed by atoms with Crippen LogP contribution in [0.3, 0.4) is 0 Å². The van der Waals surface area contributed by atoms with E-state index >= 15 is 0 Å². The van der Waals surface area contributed by atoms with E-state index in [-0.39, 0.29) is 24.2 Å². The van der Waals surface area contributed by atoms with E-state index in [4.69, 9.17) is 4.52 Å². The maximum atomic E-state index is 11.9. The lowest BCUT2D eigenvalue weighted by Crippen LogP contribution is -2.36. The van der Waals surface area contributed by atoms with Gasteiger partial charge < -0.3 is 15.2 Å². The van der Waals surface area contributed by atoms with E-state index in [0.717, 1.165) is 5.56 Å². The van der Waals surface area contributed by atoms with Crippen LogP contribution in [-0.2, 0) is 16.0 Å². The summed E-state index contributed by atoms with van der Waals surface area (Å²) in [6.45, 7) is 8.75. The molecule has 2 N–H and O–H groups in total. The fourth-order valence-electron chi connectivity index (χ4n) is 2.39. The molecule has 7 heteroatoms. The Balaban J connectivity index is 1.75. The van der Waals surface area contributed by atoms with Crippen LogP contribution in [0, 0.1) is 5.92 Å². The van der Waals surface area contributed by atoms with Crippen molar-refractivity contribution in [3.63, 3.8) is 0 Å². The van der Waals surface area contributed by atoms with E-state index in [1.165, 1.54) is 5.56 Å². The van der Waals surface area contributed by atoms with Crippen molar-refractivity contribution in [2.24, 2.45) is 5.92 Å². The van der Waals surface area contributed by atoms with Gasteiger partial charge in [-0.15, -0.1) is 0 Å². The largest absolute Gasteiger partial charge is 0.354 e. The summed E-state index contributed by atoms with van der Waals surface area (Å²) in [5, 5.41) is 9.49. The number of carbonyl (C=O) groups is 2. The van der Waals surface area contributed by atoms with Gasteiger partial charge in [-0.2, -0.15) is 4.98 Å². The normalized spacial score (nSPS) is 11.0. The fourth-order valence-corrected chi connectivity index (χ4v) is 2.39. The molecule has 0 fully saturated rings. The molecule has 0 aliphatic rings. The smallest absolute Gasteiger partial charge is 0.227 e. The zero-order chi connectivity index (χ0) is 19.8. The first kappa shape index (κ1) is 20.6. The van der Waals surface area contributed by atoms with E-state index in [2.05, 4.69) is 46.8 Å². The lowest BCUT2D eigenvalue weighted by molar-refractivity contribution is -0.124. The van der Waals surface area contributed by atoms with E-state index in [0.29, 0.717) is 37.1 Å². The van der Waals surface area contributed by atoms with Crippen molar-refractivity contribution in [1.82, 2.24) is 20.8 Å². The van der Waals surface area contributed by atoms with Crippen molar-refractivity contribution >= 4 is 11.8 Å². The molecule has 2 aromatic rings. The third-order valence-corrected chi connectivity index (χ3v) is 4.14. The molecule has 2 amide bonds. The molecule has 0 atom stereocenters. The molecule has 0 radical (unpaired) electrons. The van der Waals surface area contributed by atoms with Crippen LogP contribution in [0.2, 0.25) is 0 Å². The number of benzene rings is 1. The molecule has 0 saturated carbocycles. The Morgan fingerprint density at radius 3 is 2.33 bits per heavy atom. The van der Waals surface area contributed by atoms with Gasteiger partial charge in [0, 0.05) is 37.4 Å². The molecule has 0 saturated heterocycles. The second-order valence-corrected chi connectivity index (χ2v) is 7.08. The fraction of sp³-hybridized carbons (Fsp3) is 0.500. The predicted molar refractivity (Wildman–Crippen MR) is 103 cm³/mol. The number of aryl methyl sites for hydroxylation is 1. The topological polar surface area (TPSA) is 97.1 Å². The summed E-state index contributed by atoms with van der Waals surface area (Å²) in [5.74, 6) is 1.23. The second kappa shape index (κ2) is 9.85. The number of nitrogens with zero attached hydrogens (tertiary/aromatic N) is 2. The minimum Gasteiger partial charge on any atom is -0.354 e. The Bertz CT molecular complexity index is 751. The number of carbonyl (C=O) groups excluding carboxylic acids is 2. The Morgan fingerprint density at radius 2 is 1.70 bits per heavy atom. The predicted octanol–water partition coefficient (Wildman–Crippen LogP) is 2.68. The number of nitrogens with one attached hydrogen (secondary N) is 2. The standard InChI is InChI=1S/C20H28N4O3/c1-13(2)15-5-7-16(8-6-15)19-23-18(27-24-19)10-9-17(25)21-11-12-22-20(26)14(3)4/h5-8,13-14H,9-12H2,1-4H3,(H,21,25)(H,22,26). The van der Waals surface area contributed by atoms with Crippen LogP contribution in [0.1, 0.15) is 51.5 Å². The number of rotatable bonds is 9. The zero-order valence-electron chi connectivity index (χ0n) is 16.4. The van der Waals surface area contributed by atoms with Crippen molar-refractivity contribution in [3.05, 3.63) is 35.7 Å². The van der Waals surface area contributed by atoms with Crippen LogP contribution in [-0.4, -0.2) is 35.0 Å². The van der Waals surface area contributed by atoms with Gasteiger partial charge in [-0.05, 0) is 11.5 Å². The highest BCUT2D eigenvalue weighted by atomic mass is 16.5. The van der Waals surface area contributed by atoms with Crippen LogP contribution >= 0.6 is 0 Å². The SMILES string of the molecule is CC(C)C(=O)NCCNC(=O)CCc1nc(-c2ccc(C(C)C)cc2)no1. The molecule has 2 rings (SSSR count). The average molecular weight is 372 g/mol. The Kier molecular flexibility index (Phi) is 7.52. The second-order valence-electron chi connectivity index (χ2n) is 7.08. The molecular weight excluding hydrogens is 344 g/mol. The first-order valence-corrected chi connectivity index (χ1v) is 9.34. The summed E-state index contributed by atoms with van der Waals surface area (Å²) < 4.78 is 5.23. The molecule has 146 valence electrons. The Labute approximate surface area is 159 Å². The van der Waals surface area contributed by atoms with Gasteiger partial charge in [0.15, 0.2) is 0 Å². The highest BCUT2D eigenvalue weighted by Gasteiger charge is 2.11. The van der Waals surface area contributed by atoms with E-state index in [9.17, 15) is 9.59 Å². The highest BCUT2D eigenvalue weighted by molar-refractivity contribution is 5.78. The Morgan fingerprint density at radius 1 is 1.04 bits per heavy atom. The number of hydrogen-bond acceptors (Lipinski definition) is 5. The summed E-state index contributed by atoms with van der Waals surface area (Å²) in [6.07, 6.45) is 0.632. The molecule has 7 nitrogen and oxygen atoms in total. The van der Waals surface area contributed by atoms with Crippen molar-refractivity contribution in [2.75, 3.05) is 13.1 Å². The Hall–Kier alpha value is -2.70. The first-order chi connectivity index (χ1) is 12.9. The molecule has 0 unspecified atom stereocenters. The molecule has 0 aliphatic heterocycles. The van der Waals surface area contributed by atoms with E-state index < -0.39 is 0 Å². The molecule has 1 aromatic carbocycles. The van der Waals surface area contributed by atoms with E-state index in [1.54, 1.807) is 0 Å². The zero-order valence-corrected chi connectivity index (χ0v) is 16.4. The maximum absolute atomic E-state index is 11.9. The van der Waals surface area contributed by atoms with Gasteiger partial charge in [-0.3, -0.25) is 9.59 Å². The van der Waals surface area contributed by atoms with Crippen LogP contribution in [0.15, 0.2) is 28.8 Å². The van der Waals surface area contributed by atoms with Gasteiger partial charge in [-0.1, -0.05) is 57.1 Å². The van der Waals surface area contributed by atoms with E-state index in [1.807, 2.05) is 26.0 Å². The molecule has 0 bridgehead atoms. The van der Waals surface area contributed by atoms with Crippen molar-refractivity contribution < 1.29 is 14.1 Å². The summed E-state index contributed by atoms with van der Waals surface area (Å²) in [7, 11) is 0. The number of aromatic nitrogens is 2. The number of hydrogen-bond donors (Lipinski definition) is 2. The van der Waals surface area contributed by atoms with Gasteiger partial charge in [0.25, 0.3) is 0 Å². The number of amides is 2. The first-order valence-electron chi connectivity index (χ1n) is 9.34. The van der Waals surface area contributed by atoms with Crippen LogP contribution in [0.25, 0.3) is 11.4 Å². The van der Waals surface area contributed by atoms with Crippen LogP contribution in [0.5, 0.6) is 0 Å². The van der Waals surface area contributed by atoms with Crippen molar-refractivity contribution in [2.45, 2.75) is 46.5 Å². The van der Waals surface area contributed by atoms with Gasteiger partial charge in [-0.25, -0.2) is 0 Å². The molecule has 27 heavy (non-hydrogen) atoms. The third-order valence-electron chi connectivity index (χ3n) is 4.14. The molecule has 0 aliphatic carbocycles. The highest BCUT2D eigenvalue weighted by Crippen LogP contribution is 2.20. The summed E-state index contributed by atoms with van der Waals surface area (Å²) in [5.41, 5.74) is 2.14. The van der Waals surface area contributed by atoms with Crippen molar-refractivity contribution in [3.8, 4) is 11.4 Å². The monoisotopic (exact) mass is 372 g/mol. The minimum absolute atomic E-state index is 0.0240. The van der Waals surface area contributed by atoms with Crippen molar-refractivity contribution in [1.29, 1.82) is 0 Å².